The normalized spacial score (nSPS) is 15.8. The smallest absolute Gasteiger partial charge is 0.232 e. The lowest BCUT2D eigenvalue weighted by atomic mass is 9.96. The van der Waals surface area contributed by atoms with Crippen molar-refractivity contribution in [2.24, 2.45) is 5.92 Å². The van der Waals surface area contributed by atoms with Crippen molar-refractivity contribution in [1.82, 2.24) is 14.3 Å². The van der Waals surface area contributed by atoms with E-state index >= 15 is 0 Å². The number of sulfonamides is 1. The van der Waals surface area contributed by atoms with Gasteiger partial charge in [0.1, 0.15) is 11.3 Å². The van der Waals surface area contributed by atoms with Crippen LogP contribution in [-0.2, 0) is 21.4 Å². The Morgan fingerprint density at radius 3 is 2.68 bits per heavy atom. The quantitative estimate of drug-likeness (QED) is 0.562. The molecule has 3 heterocycles. The number of hydrogen-bond donors (Lipinski definition) is 0. The zero-order chi connectivity index (χ0) is 22.0. The second-order valence-electron chi connectivity index (χ2n) is 7.53. The van der Waals surface area contributed by atoms with Crippen molar-refractivity contribution in [3.8, 4) is 5.75 Å². The summed E-state index contributed by atoms with van der Waals surface area (Å²) in [6.45, 7) is 1.05. The van der Waals surface area contributed by atoms with Crippen molar-refractivity contribution in [2.75, 3.05) is 31.4 Å². The molecule has 2 aromatic heterocycles. The van der Waals surface area contributed by atoms with Crippen molar-refractivity contribution in [3.05, 3.63) is 48.3 Å². The first-order valence-electron chi connectivity index (χ1n) is 9.96. The summed E-state index contributed by atoms with van der Waals surface area (Å²) in [4.78, 5) is 24.1. The van der Waals surface area contributed by atoms with Crippen LogP contribution in [0.5, 0.6) is 5.75 Å². The molecule has 8 nitrogen and oxygen atoms in total. The molecule has 0 N–H and O–H groups in total. The van der Waals surface area contributed by atoms with Crippen molar-refractivity contribution in [3.63, 3.8) is 0 Å². The van der Waals surface area contributed by atoms with Crippen LogP contribution in [0.2, 0.25) is 0 Å². The Hall–Kier alpha value is -2.56. The number of carbonyl (C=O) groups is 1. The largest absolute Gasteiger partial charge is 0.494 e. The Kier molecular flexibility index (Phi) is 6.22. The van der Waals surface area contributed by atoms with Crippen LogP contribution in [0.1, 0.15) is 18.4 Å². The van der Waals surface area contributed by atoms with Gasteiger partial charge in [-0.1, -0.05) is 23.5 Å². The summed E-state index contributed by atoms with van der Waals surface area (Å²) in [7, 11) is -1.65. The molecule has 0 atom stereocenters. The number of fused-ring (bicyclic) bond motifs is 1. The molecule has 1 aliphatic rings. The van der Waals surface area contributed by atoms with Gasteiger partial charge in [-0.15, -0.1) is 0 Å². The molecule has 164 valence electrons. The fourth-order valence-electron chi connectivity index (χ4n) is 3.76. The molecule has 1 saturated heterocycles. The highest BCUT2D eigenvalue weighted by Gasteiger charge is 2.33. The van der Waals surface area contributed by atoms with Crippen LogP contribution in [0.3, 0.4) is 0 Å². The van der Waals surface area contributed by atoms with E-state index in [9.17, 15) is 13.2 Å². The van der Waals surface area contributed by atoms with Gasteiger partial charge in [-0.25, -0.2) is 17.7 Å². The molecule has 0 unspecified atom stereocenters. The molecule has 4 rings (SSSR count). The maximum atomic E-state index is 13.6. The minimum atomic E-state index is -3.25. The number of benzene rings is 1. The summed E-state index contributed by atoms with van der Waals surface area (Å²) < 4.78 is 31.4. The van der Waals surface area contributed by atoms with Crippen LogP contribution in [0.4, 0.5) is 5.13 Å². The molecule has 0 aliphatic carbocycles. The summed E-state index contributed by atoms with van der Waals surface area (Å²) >= 11 is 1.44. The van der Waals surface area contributed by atoms with Crippen molar-refractivity contribution >= 4 is 42.6 Å². The fraction of sp³-hybridized carbons (Fsp3) is 0.381. The SMILES string of the molecule is COc1cccc2sc(N(Cc3cccnc3)C(=O)C3CCN(S(C)(=O)=O)CC3)nc12. The van der Waals surface area contributed by atoms with Crippen molar-refractivity contribution in [2.45, 2.75) is 19.4 Å². The van der Waals surface area contributed by atoms with E-state index in [4.69, 9.17) is 9.72 Å². The van der Waals surface area contributed by atoms with Gasteiger partial charge in [-0.05, 0) is 36.6 Å². The topological polar surface area (TPSA) is 92.7 Å². The maximum Gasteiger partial charge on any atom is 0.232 e. The number of nitrogens with zero attached hydrogens (tertiary/aromatic N) is 4. The summed E-state index contributed by atoms with van der Waals surface area (Å²) in [6.07, 6.45) is 5.62. The molecule has 0 bridgehead atoms. The number of thiazole rings is 1. The number of hydrogen-bond acceptors (Lipinski definition) is 7. The molecule has 0 radical (unpaired) electrons. The van der Waals surface area contributed by atoms with Crippen molar-refractivity contribution < 1.29 is 17.9 Å². The summed E-state index contributed by atoms with van der Waals surface area (Å²) in [5, 5.41) is 0.596. The molecule has 1 aromatic carbocycles. The Bertz CT molecular complexity index is 1170. The second kappa shape index (κ2) is 8.89. The first kappa shape index (κ1) is 21.7. The Morgan fingerprint density at radius 1 is 1.26 bits per heavy atom. The summed E-state index contributed by atoms with van der Waals surface area (Å²) in [6, 6.07) is 9.46. The van der Waals surface area contributed by atoms with Gasteiger partial charge in [0.25, 0.3) is 0 Å². The van der Waals surface area contributed by atoms with Gasteiger partial charge in [0.05, 0.1) is 24.6 Å². The second-order valence-corrected chi connectivity index (χ2v) is 10.5. The number of para-hydroxylation sites is 1. The van der Waals surface area contributed by atoms with E-state index in [1.807, 2.05) is 30.3 Å². The molecule has 1 aliphatic heterocycles. The zero-order valence-corrected chi connectivity index (χ0v) is 19.0. The van der Waals surface area contributed by atoms with Crippen LogP contribution < -0.4 is 9.64 Å². The molecular formula is C21H24N4O4S2. The molecule has 31 heavy (non-hydrogen) atoms. The van der Waals surface area contributed by atoms with Gasteiger partial charge in [0.15, 0.2) is 5.13 Å². The lowest BCUT2D eigenvalue weighted by molar-refractivity contribution is -0.123. The van der Waals surface area contributed by atoms with E-state index in [1.165, 1.54) is 21.9 Å². The lowest BCUT2D eigenvalue weighted by Gasteiger charge is -2.32. The molecule has 1 fully saturated rings. The van der Waals surface area contributed by atoms with Crippen LogP contribution in [0.15, 0.2) is 42.7 Å². The molecule has 3 aromatic rings. The van der Waals surface area contributed by atoms with E-state index < -0.39 is 10.0 Å². The number of rotatable bonds is 6. The van der Waals surface area contributed by atoms with E-state index in [0.717, 1.165) is 15.8 Å². The van der Waals surface area contributed by atoms with Crippen LogP contribution in [0.25, 0.3) is 10.2 Å². The van der Waals surface area contributed by atoms with Crippen LogP contribution in [-0.4, -0.2) is 55.1 Å². The number of aromatic nitrogens is 2. The van der Waals surface area contributed by atoms with Crippen LogP contribution >= 0.6 is 11.3 Å². The third-order valence-corrected chi connectivity index (χ3v) is 7.77. The van der Waals surface area contributed by atoms with E-state index in [0.29, 0.717) is 43.4 Å². The first-order valence-corrected chi connectivity index (χ1v) is 12.6. The minimum Gasteiger partial charge on any atom is -0.494 e. The Balaban J connectivity index is 1.64. The Labute approximate surface area is 185 Å². The van der Waals surface area contributed by atoms with Crippen molar-refractivity contribution in [1.29, 1.82) is 0 Å². The molecular weight excluding hydrogens is 436 g/mol. The van der Waals surface area contributed by atoms with Gasteiger partial charge in [0, 0.05) is 31.4 Å². The Morgan fingerprint density at radius 2 is 2.03 bits per heavy atom. The standard InChI is InChI=1S/C21H24N4O4S2/c1-29-17-6-3-7-18-19(17)23-21(30-18)25(14-15-5-4-10-22-13-15)20(26)16-8-11-24(12-9-16)31(2,27)28/h3-7,10,13,16H,8-9,11-12,14H2,1-2H3. The number of pyridine rings is 1. The number of anilines is 1. The molecule has 10 heteroatoms. The third-order valence-electron chi connectivity index (χ3n) is 5.42. The molecule has 0 saturated carbocycles. The van der Waals surface area contributed by atoms with Gasteiger partial charge in [-0.3, -0.25) is 14.7 Å². The number of methoxy groups -OCH3 is 1. The maximum absolute atomic E-state index is 13.6. The average Bonchev–Trinajstić information content (AvgIpc) is 3.21. The first-order chi connectivity index (χ1) is 14.9. The monoisotopic (exact) mass is 460 g/mol. The number of piperidine rings is 1. The third kappa shape index (κ3) is 4.70. The lowest BCUT2D eigenvalue weighted by Crippen LogP contribution is -2.44. The molecule has 0 spiro atoms. The highest BCUT2D eigenvalue weighted by molar-refractivity contribution is 7.88. The zero-order valence-electron chi connectivity index (χ0n) is 17.4. The van der Waals surface area contributed by atoms with E-state index in [2.05, 4.69) is 4.98 Å². The van der Waals surface area contributed by atoms with Gasteiger partial charge in [-0.2, -0.15) is 0 Å². The number of carbonyl (C=O) groups excluding carboxylic acids is 1. The highest BCUT2D eigenvalue weighted by Crippen LogP contribution is 2.36. The van der Waals surface area contributed by atoms with Gasteiger partial charge < -0.3 is 4.74 Å². The van der Waals surface area contributed by atoms with Gasteiger partial charge >= 0.3 is 0 Å². The number of ether oxygens (including phenoxy) is 1. The predicted octanol–water partition coefficient (Wildman–Crippen LogP) is 2.90. The summed E-state index contributed by atoms with van der Waals surface area (Å²) in [5.74, 6) is 0.355. The minimum absolute atomic E-state index is 0.0463. The average molecular weight is 461 g/mol. The highest BCUT2D eigenvalue weighted by atomic mass is 32.2. The molecule has 1 amide bonds. The fourth-order valence-corrected chi connectivity index (χ4v) is 5.62. The van der Waals surface area contributed by atoms with E-state index in [1.54, 1.807) is 24.4 Å². The van der Waals surface area contributed by atoms with E-state index in [-0.39, 0.29) is 11.8 Å². The summed E-state index contributed by atoms with van der Waals surface area (Å²) in [5.41, 5.74) is 1.62. The van der Waals surface area contributed by atoms with Gasteiger partial charge in [0.2, 0.25) is 15.9 Å². The number of amides is 1. The predicted molar refractivity (Wildman–Crippen MR) is 121 cm³/mol. The van der Waals surface area contributed by atoms with Crippen LogP contribution in [0, 0.1) is 5.92 Å².